The molecular formula is C23H15ClFNO3. The van der Waals surface area contributed by atoms with Crippen LogP contribution in [0.5, 0.6) is 0 Å². The van der Waals surface area contributed by atoms with Gasteiger partial charge in [0, 0.05) is 23.6 Å². The van der Waals surface area contributed by atoms with Gasteiger partial charge in [0.05, 0.1) is 10.6 Å². The van der Waals surface area contributed by atoms with E-state index in [9.17, 15) is 19.1 Å². The van der Waals surface area contributed by atoms with E-state index in [1.54, 1.807) is 18.3 Å². The van der Waals surface area contributed by atoms with E-state index in [-0.39, 0.29) is 10.6 Å². The number of carbonyl (C=O) groups is 2. The maximum absolute atomic E-state index is 13.5. The van der Waals surface area contributed by atoms with Crippen LogP contribution in [-0.4, -0.2) is 21.4 Å². The van der Waals surface area contributed by atoms with Crippen LogP contribution in [0.4, 0.5) is 4.39 Å². The molecule has 0 atom stereocenters. The molecule has 1 aromatic heterocycles. The van der Waals surface area contributed by atoms with Gasteiger partial charge in [-0.25, -0.2) is 9.18 Å². The Morgan fingerprint density at radius 2 is 1.66 bits per heavy atom. The highest BCUT2D eigenvalue weighted by Crippen LogP contribution is 2.31. The Labute approximate surface area is 170 Å². The monoisotopic (exact) mass is 407 g/mol. The number of rotatable bonds is 5. The van der Waals surface area contributed by atoms with Gasteiger partial charge in [0.15, 0.2) is 0 Å². The SMILES string of the molecule is O=C(O)C(=O)c1cn(Cc2ccccc2)c2ccc(-c3ccc(F)c(Cl)c3)cc12. The zero-order chi connectivity index (χ0) is 20.5. The summed E-state index contributed by atoms with van der Waals surface area (Å²) < 4.78 is 15.3. The van der Waals surface area contributed by atoms with Crippen molar-refractivity contribution >= 4 is 34.3 Å². The van der Waals surface area contributed by atoms with Gasteiger partial charge in [-0.3, -0.25) is 4.79 Å². The highest BCUT2D eigenvalue weighted by molar-refractivity contribution is 6.42. The van der Waals surface area contributed by atoms with Gasteiger partial charge >= 0.3 is 5.97 Å². The summed E-state index contributed by atoms with van der Waals surface area (Å²) in [5.74, 6) is -3.01. The number of benzene rings is 3. The molecule has 0 amide bonds. The van der Waals surface area contributed by atoms with Crippen molar-refractivity contribution in [2.75, 3.05) is 0 Å². The molecule has 0 saturated carbocycles. The first-order valence-electron chi connectivity index (χ1n) is 8.84. The number of nitrogens with zero attached hydrogens (tertiary/aromatic N) is 1. The molecule has 144 valence electrons. The number of hydrogen-bond acceptors (Lipinski definition) is 2. The van der Waals surface area contributed by atoms with Crippen LogP contribution in [0.2, 0.25) is 5.02 Å². The molecule has 0 fully saturated rings. The van der Waals surface area contributed by atoms with E-state index in [0.29, 0.717) is 23.1 Å². The lowest BCUT2D eigenvalue weighted by Crippen LogP contribution is -2.12. The minimum absolute atomic E-state index is 0.00826. The highest BCUT2D eigenvalue weighted by atomic mass is 35.5. The summed E-state index contributed by atoms with van der Waals surface area (Å²) in [7, 11) is 0. The van der Waals surface area contributed by atoms with Crippen LogP contribution in [0.1, 0.15) is 15.9 Å². The third kappa shape index (κ3) is 3.65. The molecule has 0 aliphatic carbocycles. The van der Waals surface area contributed by atoms with Gasteiger partial charge in [0.1, 0.15) is 5.82 Å². The number of ketones is 1. The molecule has 0 saturated heterocycles. The van der Waals surface area contributed by atoms with Crippen molar-refractivity contribution in [1.29, 1.82) is 0 Å². The molecule has 3 aromatic carbocycles. The van der Waals surface area contributed by atoms with E-state index >= 15 is 0 Å². The zero-order valence-corrected chi connectivity index (χ0v) is 15.9. The number of hydrogen-bond donors (Lipinski definition) is 1. The number of halogens is 2. The third-order valence-electron chi connectivity index (χ3n) is 4.77. The van der Waals surface area contributed by atoms with Gasteiger partial charge in [0.2, 0.25) is 0 Å². The van der Waals surface area contributed by atoms with Crippen molar-refractivity contribution in [1.82, 2.24) is 4.57 Å². The lowest BCUT2D eigenvalue weighted by Gasteiger charge is -2.07. The fourth-order valence-corrected chi connectivity index (χ4v) is 3.54. The summed E-state index contributed by atoms with van der Waals surface area (Å²) in [5, 5.41) is 9.74. The topological polar surface area (TPSA) is 59.3 Å². The lowest BCUT2D eigenvalue weighted by atomic mass is 10.0. The summed E-state index contributed by atoms with van der Waals surface area (Å²) in [6.07, 6.45) is 1.57. The lowest BCUT2D eigenvalue weighted by molar-refractivity contribution is -0.131. The Hall–Kier alpha value is -3.44. The summed E-state index contributed by atoms with van der Waals surface area (Å²) >= 11 is 5.89. The van der Waals surface area contributed by atoms with Crippen molar-refractivity contribution in [3.63, 3.8) is 0 Å². The van der Waals surface area contributed by atoms with Gasteiger partial charge in [-0.15, -0.1) is 0 Å². The van der Waals surface area contributed by atoms with E-state index in [2.05, 4.69) is 0 Å². The smallest absolute Gasteiger partial charge is 0.377 e. The molecule has 0 aliphatic rings. The van der Waals surface area contributed by atoms with Crippen molar-refractivity contribution in [2.45, 2.75) is 6.54 Å². The Bertz CT molecular complexity index is 1250. The first kappa shape index (κ1) is 18.9. The quantitative estimate of drug-likeness (QED) is 0.355. The first-order chi connectivity index (χ1) is 13.9. The second-order valence-electron chi connectivity index (χ2n) is 6.65. The molecule has 0 spiro atoms. The molecule has 4 nitrogen and oxygen atoms in total. The van der Waals surface area contributed by atoms with Crippen LogP contribution in [0, 0.1) is 5.82 Å². The number of aromatic nitrogens is 1. The fraction of sp³-hybridized carbons (Fsp3) is 0.0435. The maximum Gasteiger partial charge on any atom is 0.377 e. The summed E-state index contributed by atoms with van der Waals surface area (Å²) in [6, 6.07) is 19.4. The van der Waals surface area contributed by atoms with E-state index in [0.717, 1.165) is 11.1 Å². The van der Waals surface area contributed by atoms with E-state index in [1.165, 1.54) is 12.1 Å². The van der Waals surface area contributed by atoms with Gasteiger partial charge in [-0.2, -0.15) is 0 Å². The predicted molar refractivity (Wildman–Crippen MR) is 110 cm³/mol. The molecule has 0 bridgehead atoms. The molecular weight excluding hydrogens is 393 g/mol. The largest absolute Gasteiger partial charge is 0.475 e. The second-order valence-corrected chi connectivity index (χ2v) is 7.06. The number of carboxylic acids is 1. The molecule has 6 heteroatoms. The van der Waals surface area contributed by atoms with E-state index < -0.39 is 17.6 Å². The Kier molecular flexibility index (Phi) is 4.91. The second kappa shape index (κ2) is 7.53. The summed E-state index contributed by atoms with van der Waals surface area (Å²) in [4.78, 5) is 23.6. The molecule has 0 radical (unpaired) electrons. The van der Waals surface area contributed by atoms with Crippen LogP contribution in [0.15, 0.2) is 72.9 Å². The third-order valence-corrected chi connectivity index (χ3v) is 5.06. The predicted octanol–water partition coefficient (Wildman–Crippen LogP) is 5.42. The average molecular weight is 408 g/mol. The van der Waals surface area contributed by atoms with Crippen molar-refractivity contribution in [2.24, 2.45) is 0 Å². The number of Topliss-reactive ketones (excluding diaryl/α,β-unsaturated/α-hetero) is 1. The molecule has 4 aromatic rings. The van der Waals surface area contributed by atoms with Gasteiger partial charge in [0.25, 0.3) is 5.78 Å². The summed E-state index contributed by atoms with van der Waals surface area (Å²) in [5.41, 5.74) is 3.24. The Balaban J connectivity index is 1.87. The van der Waals surface area contributed by atoms with Crippen LogP contribution in [-0.2, 0) is 11.3 Å². The molecule has 1 N–H and O–H groups in total. The minimum Gasteiger partial charge on any atom is -0.475 e. The van der Waals surface area contributed by atoms with Crippen molar-refractivity contribution < 1.29 is 19.1 Å². The van der Waals surface area contributed by atoms with Gasteiger partial charge in [-0.05, 0) is 41.0 Å². The van der Waals surface area contributed by atoms with Crippen LogP contribution >= 0.6 is 11.6 Å². The number of carbonyl (C=O) groups excluding carboxylic acids is 1. The number of fused-ring (bicyclic) bond motifs is 1. The Morgan fingerprint density at radius 1 is 0.966 bits per heavy atom. The molecule has 29 heavy (non-hydrogen) atoms. The first-order valence-corrected chi connectivity index (χ1v) is 9.21. The zero-order valence-electron chi connectivity index (χ0n) is 15.1. The van der Waals surface area contributed by atoms with E-state index in [1.807, 2.05) is 47.0 Å². The number of aliphatic carboxylic acids is 1. The van der Waals surface area contributed by atoms with E-state index in [4.69, 9.17) is 11.6 Å². The minimum atomic E-state index is -1.51. The standard InChI is InChI=1S/C23H15ClFNO3/c24-19-11-16(6-8-20(19)25)15-7-9-21-17(10-15)18(22(27)23(28)29)13-26(21)12-14-4-2-1-3-5-14/h1-11,13H,12H2,(H,28,29). The molecule has 1 heterocycles. The normalized spacial score (nSPS) is 11.0. The van der Waals surface area contributed by atoms with Crippen LogP contribution < -0.4 is 0 Å². The van der Waals surface area contributed by atoms with Crippen molar-refractivity contribution in [3.8, 4) is 11.1 Å². The molecule has 4 rings (SSSR count). The average Bonchev–Trinajstić information content (AvgIpc) is 3.07. The van der Waals surface area contributed by atoms with Crippen molar-refractivity contribution in [3.05, 3.63) is 94.9 Å². The maximum atomic E-state index is 13.5. The number of carboxylic acid groups (broad SMARTS) is 1. The van der Waals surface area contributed by atoms with Crippen LogP contribution in [0.25, 0.3) is 22.0 Å². The van der Waals surface area contributed by atoms with Gasteiger partial charge in [-0.1, -0.05) is 54.1 Å². The van der Waals surface area contributed by atoms with Crippen LogP contribution in [0.3, 0.4) is 0 Å². The highest BCUT2D eigenvalue weighted by Gasteiger charge is 2.21. The molecule has 0 aliphatic heterocycles. The molecule has 0 unspecified atom stereocenters. The van der Waals surface area contributed by atoms with Gasteiger partial charge < -0.3 is 9.67 Å². The fourth-order valence-electron chi connectivity index (χ4n) is 3.36. The summed E-state index contributed by atoms with van der Waals surface area (Å²) in [6.45, 7) is 0.492. The Morgan fingerprint density at radius 3 is 2.34 bits per heavy atom.